The van der Waals surface area contributed by atoms with Gasteiger partial charge in [-0.05, 0) is 55.7 Å². The first kappa shape index (κ1) is 26.7. The summed E-state index contributed by atoms with van der Waals surface area (Å²) in [5, 5.41) is 2.48. The Hall–Kier alpha value is -4.40. The highest BCUT2D eigenvalue weighted by Gasteiger charge is 2.34. The Morgan fingerprint density at radius 3 is 2.39 bits per heavy atom. The highest BCUT2D eigenvalue weighted by molar-refractivity contribution is 6.08. The van der Waals surface area contributed by atoms with Crippen LogP contribution in [0.1, 0.15) is 43.6 Å². The van der Waals surface area contributed by atoms with Crippen LogP contribution >= 0.6 is 0 Å². The van der Waals surface area contributed by atoms with Crippen molar-refractivity contribution in [2.75, 3.05) is 25.1 Å². The fourth-order valence-corrected chi connectivity index (χ4v) is 4.43. The van der Waals surface area contributed by atoms with Crippen molar-refractivity contribution in [3.63, 3.8) is 0 Å². The number of fused-ring (bicyclic) bond motifs is 2. The molecule has 2 aromatic carbocycles. The first-order valence-electron chi connectivity index (χ1n) is 12.3. The molecule has 4 rings (SSSR count). The van der Waals surface area contributed by atoms with Crippen molar-refractivity contribution in [1.82, 2.24) is 15.1 Å². The minimum Gasteiger partial charge on any atom is -0.490 e. The van der Waals surface area contributed by atoms with Gasteiger partial charge in [-0.1, -0.05) is 31.4 Å². The number of carbonyl (C=O) groups is 4. The molecule has 2 aliphatic heterocycles. The molecule has 38 heavy (non-hydrogen) atoms. The molecular weight excluding hydrogens is 484 g/mol. The maximum atomic E-state index is 13.3. The minimum absolute atomic E-state index is 0.0598. The van der Waals surface area contributed by atoms with E-state index in [-0.39, 0.29) is 29.8 Å². The summed E-state index contributed by atoms with van der Waals surface area (Å²) in [6.45, 7) is 15.7. The summed E-state index contributed by atoms with van der Waals surface area (Å²) in [5.41, 5.74) is 2.88. The fourth-order valence-electron chi connectivity index (χ4n) is 4.43. The number of hydrogen-bond acceptors (Lipinski definition) is 5. The Labute approximate surface area is 222 Å². The Morgan fingerprint density at radius 2 is 1.74 bits per heavy atom. The number of nitrogens with zero attached hydrogens (tertiary/aromatic N) is 3. The third-order valence-corrected chi connectivity index (χ3v) is 6.90. The van der Waals surface area contributed by atoms with E-state index in [1.165, 1.54) is 16.7 Å². The smallest absolute Gasteiger partial charge is 0.271 e. The molecule has 4 amide bonds. The number of likely N-dealkylation sites (N-methyl/N-ethyl adjacent to an activating group) is 1. The number of nitrogens with one attached hydrogen (secondary N) is 1. The Kier molecular flexibility index (Phi) is 6.88. The zero-order valence-corrected chi connectivity index (χ0v) is 22.4. The topological polar surface area (TPSA) is 99.3 Å². The van der Waals surface area contributed by atoms with Crippen LogP contribution in [-0.2, 0) is 20.9 Å². The monoisotopic (exact) mass is 516 g/mol. The van der Waals surface area contributed by atoms with Gasteiger partial charge in [-0.25, -0.2) is 0 Å². The number of rotatable bonds is 5. The summed E-state index contributed by atoms with van der Waals surface area (Å²) in [6, 6.07) is 11.0. The van der Waals surface area contributed by atoms with Gasteiger partial charge in [0.2, 0.25) is 5.91 Å². The summed E-state index contributed by atoms with van der Waals surface area (Å²) in [4.78, 5) is 55.3. The van der Waals surface area contributed by atoms with Crippen LogP contribution in [-0.4, -0.2) is 59.2 Å². The second kappa shape index (κ2) is 9.81. The standard InChI is InChI=1S/C29H32N4O5/c1-17(27(36)31(7)29(4,5)6)30-26(35)18(2)33-16-23-21(9-8-10-22(23)28(33)37)20-11-12-24-25(15-20)38-14-13-32(24)19(3)34/h8-12,15H,1-2,13-14,16H2,3-7H3,(H,30,35). The number of anilines is 1. The Morgan fingerprint density at radius 1 is 1.05 bits per heavy atom. The highest BCUT2D eigenvalue weighted by atomic mass is 16.5. The molecule has 0 aromatic heterocycles. The molecule has 2 heterocycles. The van der Waals surface area contributed by atoms with Gasteiger partial charge in [0.05, 0.1) is 24.5 Å². The van der Waals surface area contributed by atoms with Crippen LogP contribution in [0.2, 0.25) is 0 Å². The van der Waals surface area contributed by atoms with Crippen molar-refractivity contribution >= 4 is 29.3 Å². The zero-order valence-electron chi connectivity index (χ0n) is 22.4. The average molecular weight is 517 g/mol. The van der Waals surface area contributed by atoms with Gasteiger partial charge in [0, 0.05) is 25.1 Å². The predicted octanol–water partition coefficient (Wildman–Crippen LogP) is 3.46. The van der Waals surface area contributed by atoms with Crippen molar-refractivity contribution in [3.8, 4) is 16.9 Å². The average Bonchev–Trinajstić information content (AvgIpc) is 3.22. The van der Waals surface area contributed by atoms with E-state index in [9.17, 15) is 19.2 Å². The molecule has 9 nitrogen and oxygen atoms in total. The summed E-state index contributed by atoms with van der Waals surface area (Å²) < 4.78 is 5.81. The largest absolute Gasteiger partial charge is 0.490 e. The first-order chi connectivity index (χ1) is 17.8. The highest BCUT2D eigenvalue weighted by Crippen LogP contribution is 2.39. The van der Waals surface area contributed by atoms with Crippen molar-refractivity contribution in [2.24, 2.45) is 0 Å². The van der Waals surface area contributed by atoms with E-state index in [1.54, 1.807) is 24.1 Å². The molecule has 0 bridgehead atoms. The van der Waals surface area contributed by atoms with E-state index in [4.69, 9.17) is 4.74 Å². The molecule has 198 valence electrons. The maximum Gasteiger partial charge on any atom is 0.271 e. The van der Waals surface area contributed by atoms with Gasteiger partial charge < -0.3 is 19.9 Å². The van der Waals surface area contributed by atoms with Crippen molar-refractivity contribution in [2.45, 2.75) is 39.8 Å². The van der Waals surface area contributed by atoms with Gasteiger partial charge in [0.25, 0.3) is 17.7 Å². The number of hydrogen-bond donors (Lipinski definition) is 1. The van der Waals surface area contributed by atoms with Gasteiger partial charge in [-0.3, -0.25) is 24.1 Å². The van der Waals surface area contributed by atoms with Crippen LogP contribution in [0.3, 0.4) is 0 Å². The van der Waals surface area contributed by atoms with E-state index < -0.39 is 17.4 Å². The van der Waals surface area contributed by atoms with Crippen LogP contribution in [0, 0.1) is 0 Å². The molecule has 0 saturated heterocycles. The maximum absolute atomic E-state index is 13.3. The molecule has 0 radical (unpaired) electrons. The fraction of sp³-hybridized carbons (Fsp3) is 0.310. The number of carbonyl (C=O) groups excluding carboxylic acids is 4. The minimum atomic E-state index is -0.681. The molecule has 9 heteroatoms. The molecule has 2 aliphatic rings. The van der Waals surface area contributed by atoms with Crippen LogP contribution in [0.15, 0.2) is 61.0 Å². The SMILES string of the molecule is C=C(NC(=O)C(=C)N1Cc2c(cccc2-c2ccc3c(c2)OCCN3C(C)=O)C1=O)C(=O)N(C)C(C)(C)C. The number of benzene rings is 2. The third kappa shape index (κ3) is 4.79. The van der Waals surface area contributed by atoms with Crippen LogP contribution in [0.25, 0.3) is 11.1 Å². The second-order valence-electron chi connectivity index (χ2n) is 10.3. The Balaban J connectivity index is 1.55. The molecule has 0 spiro atoms. The normalized spacial score (nSPS) is 14.3. The van der Waals surface area contributed by atoms with Crippen LogP contribution in [0.4, 0.5) is 5.69 Å². The van der Waals surface area contributed by atoms with Gasteiger partial charge >= 0.3 is 0 Å². The summed E-state index contributed by atoms with van der Waals surface area (Å²) in [6.07, 6.45) is 0. The molecule has 0 fully saturated rings. The third-order valence-electron chi connectivity index (χ3n) is 6.90. The van der Waals surface area contributed by atoms with Gasteiger partial charge in [-0.2, -0.15) is 0 Å². The van der Waals surface area contributed by atoms with Crippen molar-refractivity contribution in [3.05, 3.63) is 72.1 Å². The molecule has 0 atom stereocenters. The molecule has 1 N–H and O–H groups in total. The summed E-state index contributed by atoms with van der Waals surface area (Å²) in [7, 11) is 1.63. The molecule has 0 saturated carbocycles. The lowest BCUT2D eigenvalue weighted by Gasteiger charge is -2.32. The molecule has 0 unspecified atom stereocenters. The lowest BCUT2D eigenvalue weighted by molar-refractivity contribution is -0.131. The van der Waals surface area contributed by atoms with Gasteiger partial charge in [0.15, 0.2) is 0 Å². The quantitative estimate of drug-likeness (QED) is 0.614. The first-order valence-corrected chi connectivity index (χ1v) is 12.3. The van der Waals surface area contributed by atoms with E-state index >= 15 is 0 Å². The number of ether oxygens (including phenoxy) is 1. The van der Waals surface area contributed by atoms with Crippen molar-refractivity contribution in [1.29, 1.82) is 0 Å². The molecule has 2 aromatic rings. The lowest BCUT2D eigenvalue weighted by atomic mass is 9.96. The lowest BCUT2D eigenvalue weighted by Crippen LogP contribution is -2.46. The number of amides is 4. The second-order valence-corrected chi connectivity index (χ2v) is 10.3. The van der Waals surface area contributed by atoms with E-state index in [0.29, 0.717) is 30.2 Å². The van der Waals surface area contributed by atoms with Crippen molar-refractivity contribution < 1.29 is 23.9 Å². The van der Waals surface area contributed by atoms with E-state index in [0.717, 1.165) is 16.7 Å². The van der Waals surface area contributed by atoms with Crippen LogP contribution < -0.4 is 15.0 Å². The molecule has 0 aliphatic carbocycles. The summed E-state index contributed by atoms with van der Waals surface area (Å²) >= 11 is 0. The predicted molar refractivity (Wildman–Crippen MR) is 144 cm³/mol. The van der Waals surface area contributed by atoms with E-state index in [2.05, 4.69) is 18.5 Å². The van der Waals surface area contributed by atoms with E-state index in [1.807, 2.05) is 45.0 Å². The zero-order chi connectivity index (χ0) is 27.9. The Bertz CT molecular complexity index is 1390. The van der Waals surface area contributed by atoms with Gasteiger partial charge in [-0.15, -0.1) is 0 Å². The molecular formula is C29H32N4O5. The summed E-state index contributed by atoms with van der Waals surface area (Å²) in [5.74, 6) is -0.942. The van der Waals surface area contributed by atoms with Gasteiger partial charge in [0.1, 0.15) is 18.1 Å². The van der Waals surface area contributed by atoms with Crippen LogP contribution in [0.5, 0.6) is 5.75 Å².